The second kappa shape index (κ2) is 5.88. The maximum Gasteiger partial charge on any atom is 0.254 e. The van der Waals surface area contributed by atoms with Gasteiger partial charge in [0.15, 0.2) is 4.67 Å². The lowest BCUT2D eigenvalue weighted by Crippen LogP contribution is -2.26. The molecule has 1 heterocycles. The summed E-state index contributed by atoms with van der Waals surface area (Å²) in [5.41, 5.74) is 0.300. The summed E-state index contributed by atoms with van der Waals surface area (Å²) in [7, 11) is 1.64. The quantitative estimate of drug-likeness (QED) is 0.786. The summed E-state index contributed by atoms with van der Waals surface area (Å²) >= 11 is 6.25. The molecule has 1 amide bonds. The first kappa shape index (κ1) is 14.3. The van der Waals surface area contributed by atoms with E-state index in [1.165, 1.54) is 17.0 Å². The Morgan fingerprint density at radius 1 is 1.32 bits per heavy atom. The van der Waals surface area contributed by atoms with Crippen LogP contribution in [0.5, 0.6) is 0 Å². The van der Waals surface area contributed by atoms with Crippen molar-refractivity contribution in [3.63, 3.8) is 0 Å². The minimum absolute atomic E-state index is 0.265. The molecule has 1 aromatic heterocycles. The fourth-order valence-corrected chi connectivity index (χ4v) is 2.18. The van der Waals surface area contributed by atoms with E-state index in [9.17, 15) is 9.18 Å². The summed E-state index contributed by atoms with van der Waals surface area (Å²) in [6.07, 6.45) is 0. The average Bonchev–Trinajstić information content (AvgIpc) is 2.77. The SMILES string of the molecule is CN(Cc1ccc(Br)o1)C(=O)c1ccc(Br)c(F)c1. The molecule has 0 spiro atoms. The molecule has 0 saturated carbocycles. The molecule has 6 heteroatoms. The normalized spacial score (nSPS) is 10.5. The summed E-state index contributed by atoms with van der Waals surface area (Å²) in [6, 6.07) is 7.83. The second-order valence-corrected chi connectivity index (χ2v) is 5.63. The van der Waals surface area contributed by atoms with Crippen LogP contribution in [0.25, 0.3) is 0 Å². The van der Waals surface area contributed by atoms with Crippen LogP contribution in [0, 0.1) is 5.82 Å². The fraction of sp³-hybridized carbons (Fsp3) is 0.154. The van der Waals surface area contributed by atoms with E-state index >= 15 is 0 Å². The van der Waals surface area contributed by atoms with Crippen molar-refractivity contribution in [2.45, 2.75) is 6.54 Å². The first-order chi connectivity index (χ1) is 8.97. The number of rotatable bonds is 3. The van der Waals surface area contributed by atoms with E-state index in [1.807, 2.05) is 0 Å². The number of carbonyl (C=O) groups is 1. The van der Waals surface area contributed by atoms with Crippen molar-refractivity contribution < 1.29 is 13.6 Å². The molecule has 0 atom stereocenters. The molecule has 0 aliphatic carbocycles. The van der Waals surface area contributed by atoms with Crippen LogP contribution in [0.2, 0.25) is 0 Å². The third-order valence-electron chi connectivity index (χ3n) is 2.54. The summed E-state index contributed by atoms with van der Waals surface area (Å²) in [6.45, 7) is 0.322. The Kier molecular flexibility index (Phi) is 4.42. The standard InChI is InChI=1S/C13H10Br2FNO2/c1-17(7-9-3-5-12(15)19-9)13(18)8-2-4-10(14)11(16)6-8/h2-6H,7H2,1H3. The molecular formula is C13H10Br2FNO2. The molecule has 19 heavy (non-hydrogen) atoms. The van der Waals surface area contributed by atoms with Crippen LogP contribution in [-0.4, -0.2) is 17.9 Å². The van der Waals surface area contributed by atoms with Crippen LogP contribution in [0.1, 0.15) is 16.1 Å². The van der Waals surface area contributed by atoms with Gasteiger partial charge in [0, 0.05) is 12.6 Å². The largest absolute Gasteiger partial charge is 0.452 e. The van der Waals surface area contributed by atoms with Crippen LogP contribution >= 0.6 is 31.9 Å². The van der Waals surface area contributed by atoms with Crippen molar-refractivity contribution in [3.8, 4) is 0 Å². The molecule has 0 fully saturated rings. The predicted molar refractivity (Wildman–Crippen MR) is 76.3 cm³/mol. The van der Waals surface area contributed by atoms with Crippen molar-refractivity contribution in [3.05, 3.63) is 56.6 Å². The summed E-state index contributed by atoms with van der Waals surface area (Å²) in [4.78, 5) is 13.6. The molecule has 100 valence electrons. The molecule has 0 radical (unpaired) electrons. The summed E-state index contributed by atoms with van der Waals surface area (Å²) < 4.78 is 19.7. The van der Waals surface area contributed by atoms with E-state index in [0.29, 0.717) is 27.0 Å². The lowest BCUT2D eigenvalue weighted by atomic mass is 10.2. The van der Waals surface area contributed by atoms with Crippen molar-refractivity contribution >= 4 is 37.8 Å². The number of hydrogen-bond donors (Lipinski definition) is 0. The highest BCUT2D eigenvalue weighted by molar-refractivity contribution is 9.10. The highest BCUT2D eigenvalue weighted by Gasteiger charge is 2.15. The molecule has 2 aromatic rings. The molecule has 0 aliphatic heterocycles. The van der Waals surface area contributed by atoms with Crippen molar-refractivity contribution in [1.29, 1.82) is 0 Å². The van der Waals surface area contributed by atoms with Gasteiger partial charge in [-0.2, -0.15) is 0 Å². The third kappa shape index (κ3) is 3.45. The Hall–Kier alpha value is -1.14. The van der Waals surface area contributed by atoms with Gasteiger partial charge in [0.05, 0.1) is 11.0 Å². The van der Waals surface area contributed by atoms with E-state index in [-0.39, 0.29) is 5.91 Å². The number of benzene rings is 1. The lowest BCUT2D eigenvalue weighted by Gasteiger charge is -2.15. The molecule has 0 N–H and O–H groups in total. The van der Waals surface area contributed by atoms with Gasteiger partial charge in [-0.05, 0) is 62.2 Å². The zero-order valence-electron chi connectivity index (χ0n) is 9.99. The average molecular weight is 391 g/mol. The number of nitrogens with zero attached hydrogens (tertiary/aromatic N) is 1. The Bertz CT molecular complexity index is 612. The first-order valence-electron chi connectivity index (χ1n) is 5.42. The van der Waals surface area contributed by atoms with Crippen LogP contribution in [0.4, 0.5) is 4.39 Å². The Morgan fingerprint density at radius 2 is 2.05 bits per heavy atom. The van der Waals surface area contributed by atoms with E-state index in [0.717, 1.165) is 0 Å². The topological polar surface area (TPSA) is 33.5 Å². The zero-order chi connectivity index (χ0) is 14.0. The van der Waals surface area contributed by atoms with Gasteiger partial charge >= 0.3 is 0 Å². The van der Waals surface area contributed by atoms with Gasteiger partial charge in [-0.3, -0.25) is 4.79 Å². The minimum atomic E-state index is -0.458. The van der Waals surface area contributed by atoms with Crippen molar-refractivity contribution in [2.75, 3.05) is 7.05 Å². The maximum absolute atomic E-state index is 13.4. The highest BCUT2D eigenvalue weighted by atomic mass is 79.9. The second-order valence-electron chi connectivity index (χ2n) is 4.00. The van der Waals surface area contributed by atoms with Gasteiger partial charge in [-0.15, -0.1) is 0 Å². The van der Waals surface area contributed by atoms with Gasteiger partial charge in [0.1, 0.15) is 11.6 Å². The Balaban J connectivity index is 2.12. The van der Waals surface area contributed by atoms with Gasteiger partial charge in [0.2, 0.25) is 0 Å². The predicted octanol–water partition coefficient (Wildman–Crippen LogP) is 4.22. The minimum Gasteiger partial charge on any atom is -0.452 e. The zero-order valence-corrected chi connectivity index (χ0v) is 13.2. The van der Waals surface area contributed by atoms with E-state index in [4.69, 9.17) is 4.42 Å². The Morgan fingerprint density at radius 3 is 2.63 bits per heavy atom. The first-order valence-corrected chi connectivity index (χ1v) is 7.00. The fourth-order valence-electron chi connectivity index (χ4n) is 1.59. The van der Waals surface area contributed by atoms with Crippen molar-refractivity contribution in [1.82, 2.24) is 4.90 Å². The van der Waals surface area contributed by atoms with Crippen molar-refractivity contribution in [2.24, 2.45) is 0 Å². The molecule has 0 saturated heterocycles. The molecule has 1 aromatic carbocycles. The van der Waals surface area contributed by atoms with E-state index in [1.54, 1.807) is 25.2 Å². The van der Waals surface area contributed by atoms with E-state index < -0.39 is 5.82 Å². The lowest BCUT2D eigenvalue weighted by molar-refractivity contribution is 0.0774. The summed E-state index contributed by atoms with van der Waals surface area (Å²) in [5.74, 6) is -0.0702. The smallest absolute Gasteiger partial charge is 0.254 e. The number of halogens is 3. The molecule has 0 bridgehead atoms. The van der Waals surface area contributed by atoms with Gasteiger partial charge < -0.3 is 9.32 Å². The number of furan rings is 1. The molecule has 0 unspecified atom stereocenters. The van der Waals surface area contributed by atoms with Crippen LogP contribution in [-0.2, 0) is 6.54 Å². The molecular weight excluding hydrogens is 381 g/mol. The molecule has 3 nitrogen and oxygen atoms in total. The van der Waals surface area contributed by atoms with Crippen LogP contribution in [0.3, 0.4) is 0 Å². The summed E-state index contributed by atoms with van der Waals surface area (Å²) in [5, 5.41) is 0. The van der Waals surface area contributed by atoms with Crippen LogP contribution in [0.15, 0.2) is 43.9 Å². The van der Waals surface area contributed by atoms with Crippen LogP contribution < -0.4 is 0 Å². The monoisotopic (exact) mass is 389 g/mol. The maximum atomic E-state index is 13.4. The third-order valence-corrected chi connectivity index (χ3v) is 3.60. The number of carbonyl (C=O) groups excluding carboxylic acids is 1. The molecule has 0 aliphatic rings. The van der Waals surface area contributed by atoms with Gasteiger partial charge in [0.25, 0.3) is 5.91 Å². The van der Waals surface area contributed by atoms with Gasteiger partial charge in [-0.1, -0.05) is 0 Å². The number of hydrogen-bond acceptors (Lipinski definition) is 2. The van der Waals surface area contributed by atoms with E-state index in [2.05, 4.69) is 31.9 Å². The molecule has 2 rings (SSSR count). The number of amides is 1. The van der Waals surface area contributed by atoms with Gasteiger partial charge in [-0.25, -0.2) is 4.39 Å². The Labute approximate surface area is 126 Å². The highest BCUT2D eigenvalue weighted by Crippen LogP contribution is 2.19.